The Morgan fingerprint density at radius 3 is 2.50 bits per heavy atom. The van der Waals surface area contributed by atoms with Crippen molar-refractivity contribution < 1.29 is 18.3 Å². The van der Waals surface area contributed by atoms with Crippen LogP contribution in [0, 0.1) is 11.6 Å². The molecule has 3 unspecified atom stereocenters. The average molecular weight is 281 g/mol. The van der Waals surface area contributed by atoms with Crippen LogP contribution < -0.4 is 5.32 Å². The molecule has 2 rings (SSSR count). The van der Waals surface area contributed by atoms with E-state index in [0.29, 0.717) is 5.56 Å². The molecule has 0 saturated carbocycles. The highest BCUT2D eigenvalue weighted by Crippen LogP contribution is 2.22. The Labute approximate surface area is 116 Å². The van der Waals surface area contributed by atoms with Gasteiger partial charge in [-0.3, -0.25) is 0 Å². The quantitative estimate of drug-likeness (QED) is 0.883. The van der Waals surface area contributed by atoms with Gasteiger partial charge in [-0.15, -0.1) is 0 Å². The highest BCUT2D eigenvalue weighted by atomic mass is 19.2. The molecule has 0 saturated heterocycles. The van der Waals surface area contributed by atoms with Crippen LogP contribution in [0.4, 0.5) is 8.78 Å². The van der Waals surface area contributed by atoms with Gasteiger partial charge >= 0.3 is 0 Å². The third-order valence-corrected chi connectivity index (χ3v) is 3.24. The lowest BCUT2D eigenvalue weighted by Gasteiger charge is -2.23. The molecule has 0 aliphatic heterocycles. The predicted octanol–water partition coefficient (Wildman–Crippen LogP) is 3.33. The summed E-state index contributed by atoms with van der Waals surface area (Å²) in [6.07, 6.45) is 0.631. The van der Waals surface area contributed by atoms with Gasteiger partial charge in [0.15, 0.2) is 11.6 Å². The van der Waals surface area contributed by atoms with E-state index in [9.17, 15) is 13.9 Å². The number of aliphatic hydroxyl groups is 1. The first-order valence-corrected chi connectivity index (χ1v) is 6.41. The van der Waals surface area contributed by atoms with Gasteiger partial charge in [0.05, 0.1) is 18.4 Å². The number of hydrogen-bond donors (Lipinski definition) is 2. The molecular weight excluding hydrogens is 264 g/mol. The Balaban J connectivity index is 2.04. The van der Waals surface area contributed by atoms with E-state index in [1.54, 1.807) is 19.3 Å². The molecule has 0 aliphatic rings. The molecule has 3 atom stereocenters. The van der Waals surface area contributed by atoms with Crippen molar-refractivity contribution in [1.82, 2.24) is 5.32 Å². The second-order valence-corrected chi connectivity index (χ2v) is 4.81. The van der Waals surface area contributed by atoms with Gasteiger partial charge in [-0.2, -0.15) is 0 Å². The third kappa shape index (κ3) is 3.23. The summed E-state index contributed by atoms with van der Waals surface area (Å²) in [6.45, 7) is 3.67. The van der Waals surface area contributed by atoms with E-state index < -0.39 is 17.7 Å². The van der Waals surface area contributed by atoms with Gasteiger partial charge in [-0.25, -0.2) is 8.78 Å². The minimum absolute atomic E-state index is 0.0973. The van der Waals surface area contributed by atoms with Crippen molar-refractivity contribution in [3.05, 3.63) is 59.6 Å². The molecule has 1 heterocycles. The number of nitrogens with one attached hydrogen (secondary N) is 1. The smallest absolute Gasteiger partial charge is 0.159 e. The minimum atomic E-state index is -0.965. The highest BCUT2D eigenvalue weighted by Gasteiger charge is 2.20. The van der Waals surface area contributed by atoms with Crippen LogP contribution in [0.15, 0.2) is 41.0 Å². The van der Waals surface area contributed by atoms with Gasteiger partial charge in [0.25, 0.3) is 0 Å². The van der Waals surface area contributed by atoms with E-state index in [0.717, 1.165) is 17.9 Å². The molecule has 0 fully saturated rings. The van der Waals surface area contributed by atoms with E-state index in [1.165, 1.54) is 6.07 Å². The molecule has 108 valence electrons. The second-order valence-electron chi connectivity index (χ2n) is 4.81. The largest absolute Gasteiger partial charge is 0.468 e. The summed E-state index contributed by atoms with van der Waals surface area (Å²) in [4.78, 5) is 0. The van der Waals surface area contributed by atoms with Crippen LogP contribution >= 0.6 is 0 Å². The third-order valence-electron chi connectivity index (χ3n) is 3.24. The van der Waals surface area contributed by atoms with E-state index in [-0.39, 0.29) is 12.1 Å². The first-order valence-electron chi connectivity index (χ1n) is 6.41. The maximum Gasteiger partial charge on any atom is 0.159 e. The summed E-state index contributed by atoms with van der Waals surface area (Å²) in [7, 11) is 0. The Morgan fingerprint density at radius 2 is 1.90 bits per heavy atom. The Bertz CT molecular complexity index is 557. The Hall–Kier alpha value is -1.72. The standard InChI is InChI=1S/C15H17F2NO2/c1-9(14-4-3-7-20-14)18-10(2)15(19)11-5-6-12(16)13(17)8-11/h3-10,15,18-19H,1-2H3. The zero-order valence-corrected chi connectivity index (χ0v) is 11.3. The number of hydrogen-bond acceptors (Lipinski definition) is 3. The Morgan fingerprint density at radius 1 is 1.15 bits per heavy atom. The van der Waals surface area contributed by atoms with Crippen molar-refractivity contribution in [2.45, 2.75) is 32.0 Å². The second kappa shape index (κ2) is 6.15. The fourth-order valence-corrected chi connectivity index (χ4v) is 2.09. The maximum absolute atomic E-state index is 13.2. The number of benzene rings is 1. The van der Waals surface area contributed by atoms with E-state index in [2.05, 4.69) is 5.32 Å². The lowest BCUT2D eigenvalue weighted by molar-refractivity contribution is 0.128. The average Bonchev–Trinajstić information content (AvgIpc) is 2.95. The predicted molar refractivity (Wildman–Crippen MR) is 71.0 cm³/mol. The number of halogens is 2. The van der Waals surface area contributed by atoms with E-state index >= 15 is 0 Å². The van der Waals surface area contributed by atoms with Crippen molar-refractivity contribution in [2.24, 2.45) is 0 Å². The lowest BCUT2D eigenvalue weighted by Crippen LogP contribution is -2.34. The maximum atomic E-state index is 13.2. The van der Waals surface area contributed by atoms with Crippen molar-refractivity contribution in [3.63, 3.8) is 0 Å². The van der Waals surface area contributed by atoms with Crippen molar-refractivity contribution >= 4 is 0 Å². The number of furan rings is 1. The number of aliphatic hydroxyl groups excluding tert-OH is 1. The van der Waals surface area contributed by atoms with Gasteiger partial charge in [0.2, 0.25) is 0 Å². The first-order chi connectivity index (χ1) is 9.49. The summed E-state index contributed by atoms with van der Waals surface area (Å²) < 4.78 is 31.3. The molecule has 0 amide bonds. The first kappa shape index (κ1) is 14.7. The van der Waals surface area contributed by atoms with Crippen molar-refractivity contribution in [2.75, 3.05) is 0 Å². The zero-order chi connectivity index (χ0) is 14.7. The highest BCUT2D eigenvalue weighted by molar-refractivity contribution is 5.21. The summed E-state index contributed by atoms with van der Waals surface area (Å²) >= 11 is 0. The molecule has 2 N–H and O–H groups in total. The molecule has 0 spiro atoms. The molecule has 20 heavy (non-hydrogen) atoms. The van der Waals surface area contributed by atoms with Crippen LogP contribution in [-0.4, -0.2) is 11.1 Å². The Kier molecular flexibility index (Phi) is 4.52. The SMILES string of the molecule is CC(NC(C)C(O)c1ccc(F)c(F)c1)c1ccco1. The molecule has 3 nitrogen and oxygen atoms in total. The van der Waals surface area contributed by atoms with Crippen LogP contribution in [0.1, 0.15) is 37.3 Å². The molecule has 5 heteroatoms. The summed E-state index contributed by atoms with van der Waals surface area (Å²) in [5.41, 5.74) is 0.329. The summed E-state index contributed by atoms with van der Waals surface area (Å²) in [5.74, 6) is -1.15. The van der Waals surface area contributed by atoms with Crippen LogP contribution in [0.25, 0.3) is 0 Å². The van der Waals surface area contributed by atoms with Crippen LogP contribution in [-0.2, 0) is 0 Å². The normalized spacial score (nSPS) is 15.8. The molecular formula is C15H17F2NO2. The van der Waals surface area contributed by atoms with Gasteiger partial charge in [-0.05, 0) is 43.7 Å². The van der Waals surface area contributed by atoms with Crippen LogP contribution in [0.2, 0.25) is 0 Å². The molecule has 0 bridgehead atoms. The summed E-state index contributed by atoms with van der Waals surface area (Å²) in [5, 5.41) is 13.3. The summed E-state index contributed by atoms with van der Waals surface area (Å²) in [6, 6.07) is 6.56. The van der Waals surface area contributed by atoms with Crippen LogP contribution in [0.3, 0.4) is 0 Å². The van der Waals surface area contributed by atoms with Crippen molar-refractivity contribution in [1.29, 1.82) is 0 Å². The lowest BCUT2D eigenvalue weighted by atomic mass is 10.0. The van der Waals surface area contributed by atoms with Gasteiger partial charge in [0, 0.05) is 6.04 Å². The molecule has 1 aromatic heterocycles. The van der Waals surface area contributed by atoms with E-state index in [4.69, 9.17) is 4.42 Å². The molecule has 0 aliphatic carbocycles. The van der Waals surface area contributed by atoms with Gasteiger partial charge in [0.1, 0.15) is 5.76 Å². The fraction of sp³-hybridized carbons (Fsp3) is 0.333. The molecule has 1 aromatic carbocycles. The van der Waals surface area contributed by atoms with E-state index in [1.807, 2.05) is 13.0 Å². The van der Waals surface area contributed by atoms with Crippen LogP contribution in [0.5, 0.6) is 0 Å². The minimum Gasteiger partial charge on any atom is -0.468 e. The van der Waals surface area contributed by atoms with Crippen molar-refractivity contribution in [3.8, 4) is 0 Å². The fourth-order valence-electron chi connectivity index (χ4n) is 2.09. The number of rotatable bonds is 5. The van der Waals surface area contributed by atoms with Gasteiger partial charge in [-0.1, -0.05) is 6.07 Å². The molecule has 0 radical (unpaired) electrons. The monoisotopic (exact) mass is 281 g/mol. The molecule has 2 aromatic rings. The van der Waals surface area contributed by atoms with Gasteiger partial charge < -0.3 is 14.8 Å². The topological polar surface area (TPSA) is 45.4 Å². The zero-order valence-electron chi connectivity index (χ0n) is 11.3.